The van der Waals surface area contributed by atoms with Crippen LogP contribution in [0, 0.1) is 0 Å². The van der Waals surface area contributed by atoms with Gasteiger partial charge in [0.05, 0.1) is 13.2 Å². The number of methoxy groups -OCH3 is 1. The Balaban J connectivity index is 2.37. The molecule has 2 rings (SSSR count). The average molecular weight is 208 g/mol. The maximum Gasteiger partial charge on any atom is 0.123 e. The summed E-state index contributed by atoms with van der Waals surface area (Å²) in [4.78, 5) is 0. The summed E-state index contributed by atoms with van der Waals surface area (Å²) in [7, 11) is 1.57. The van der Waals surface area contributed by atoms with Crippen molar-refractivity contribution >= 4 is 0 Å². The number of benzene rings is 1. The Kier molecular flexibility index (Phi) is 2.35. The van der Waals surface area contributed by atoms with Crippen LogP contribution in [0.15, 0.2) is 18.2 Å². The Morgan fingerprint density at radius 3 is 2.47 bits per heavy atom. The molecule has 0 amide bonds. The number of rotatable bonds is 3. The lowest BCUT2D eigenvalue weighted by Crippen LogP contribution is -2.22. The lowest BCUT2D eigenvalue weighted by atomic mass is 9.90. The van der Waals surface area contributed by atoms with Crippen LogP contribution in [0.5, 0.6) is 11.5 Å². The molecule has 2 N–H and O–H groups in total. The standard InChI is InChI=1S/C12H16O3/c1-8(13)12(5-6-12)10-4-3-9(15-2)7-11(10)14/h3-4,7-8,13-14H,5-6H2,1-2H3. The fourth-order valence-corrected chi connectivity index (χ4v) is 2.11. The summed E-state index contributed by atoms with van der Waals surface area (Å²) in [6.45, 7) is 1.77. The van der Waals surface area contributed by atoms with E-state index in [0.29, 0.717) is 5.75 Å². The van der Waals surface area contributed by atoms with Gasteiger partial charge in [-0.15, -0.1) is 0 Å². The first-order valence-corrected chi connectivity index (χ1v) is 5.16. The SMILES string of the molecule is COc1ccc(C2(C(C)O)CC2)c(O)c1. The van der Waals surface area contributed by atoms with Gasteiger partial charge in [-0.1, -0.05) is 6.07 Å². The molecule has 1 aromatic carbocycles. The second-order valence-electron chi connectivity index (χ2n) is 4.22. The molecule has 82 valence electrons. The molecule has 0 heterocycles. The van der Waals surface area contributed by atoms with Crippen LogP contribution in [0.3, 0.4) is 0 Å². The van der Waals surface area contributed by atoms with Crippen LogP contribution in [0.2, 0.25) is 0 Å². The molecule has 0 saturated heterocycles. The lowest BCUT2D eigenvalue weighted by molar-refractivity contribution is 0.149. The largest absolute Gasteiger partial charge is 0.508 e. The number of phenolic OH excluding ortho intramolecular Hbond substituents is 1. The molecule has 3 heteroatoms. The maximum atomic E-state index is 9.86. The van der Waals surface area contributed by atoms with E-state index in [0.717, 1.165) is 18.4 Å². The van der Waals surface area contributed by atoms with Gasteiger partial charge in [-0.2, -0.15) is 0 Å². The molecule has 0 aromatic heterocycles. The van der Waals surface area contributed by atoms with Gasteiger partial charge in [-0.25, -0.2) is 0 Å². The molecular formula is C12H16O3. The zero-order valence-corrected chi connectivity index (χ0v) is 9.03. The van der Waals surface area contributed by atoms with E-state index < -0.39 is 6.10 Å². The fraction of sp³-hybridized carbons (Fsp3) is 0.500. The van der Waals surface area contributed by atoms with Crippen LogP contribution in [0.25, 0.3) is 0 Å². The highest BCUT2D eigenvalue weighted by Crippen LogP contribution is 2.53. The van der Waals surface area contributed by atoms with E-state index in [2.05, 4.69) is 0 Å². The normalized spacial score (nSPS) is 19.7. The van der Waals surface area contributed by atoms with Crippen molar-refractivity contribution in [1.82, 2.24) is 0 Å². The molecule has 1 aromatic rings. The summed E-state index contributed by atoms with van der Waals surface area (Å²) in [5.41, 5.74) is 0.606. The van der Waals surface area contributed by atoms with Crippen LogP contribution < -0.4 is 4.74 Å². The van der Waals surface area contributed by atoms with Gasteiger partial charge in [-0.05, 0) is 25.8 Å². The van der Waals surface area contributed by atoms with Gasteiger partial charge in [0.15, 0.2) is 0 Å². The van der Waals surface area contributed by atoms with Crippen molar-refractivity contribution in [3.63, 3.8) is 0 Å². The minimum Gasteiger partial charge on any atom is -0.508 e. The van der Waals surface area contributed by atoms with Gasteiger partial charge in [0.1, 0.15) is 11.5 Å². The Morgan fingerprint density at radius 1 is 1.40 bits per heavy atom. The number of hydrogen-bond donors (Lipinski definition) is 2. The molecule has 0 spiro atoms. The number of ether oxygens (including phenoxy) is 1. The third-order valence-corrected chi connectivity index (χ3v) is 3.33. The summed E-state index contributed by atoms with van der Waals surface area (Å²) in [6.07, 6.45) is 1.45. The van der Waals surface area contributed by atoms with Gasteiger partial charge >= 0.3 is 0 Å². The monoisotopic (exact) mass is 208 g/mol. The Hall–Kier alpha value is -1.22. The quantitative estimate of drug-likeness (QED) is 0.796. The van der Waals surface area contributed by atoms with Gasteiger partial charge < -0.3 is 14.9 Å². The van der Waals surface area contributed by atoms with Crippen LogP contribution in [0.1, 0.15) is 25.3 Å². The van der Waals surface area contributed by atoms with Gasteiger partial charge in [-0.3, -0.25) is 0 Å². The molecule has 15 heavy (non-hydrogen) atoms. The van der Waals surface area contributed by atoms with Gasteiger partial charge in [0.2, 0.25) is 0 Å². The summed E-state index contributed by atoms with van der Waals surface area (Å²) in [5, 5.41) is 19.6. The van der Waals surface area contributed by atoms with Crippen molar-refractivity contribution in [2.75, 3.05) is 7.11 Å². The third-order valence-electron chi connectivity index (χ3n) is 3.33. The molecule has 3 nitrogen and oxygen atoms in total. The van der Waals surface area contributed by atoms with E-state index in [1.165, 1.54) is 0 Å². The van der Waals surface area contributed by atoms with E-state index in [9.17, 15) is 10.2 Å². The Morgan fingerprint density at radius 2 is 2.07 bits per heavy atom. The number of phenols is 1. The number of hydrogen-bond acceptors (Lipinski definition) is 3. The third kappa shape index (κ3) is 1.57. The molecule has 1 atom stereocenters. The zero-order valence-electron chi connectivity index (χ0n) is 9.03. The first-order chi connectivity index (χ1) is 7.10. The van der Waals surface area contributed by atoms with E-state index in [1.807, 2.05) is 12.1 Å². The van der Waals surface area contributed by atoms with Crippen molar-refractivity contribution in [3.05, 3.63) is 23.8 Å². The molecule has 0 aliphatic heterocycles. The average Bonchev–Trinajstić information content (AvgIpc) is 2.98. The second-order valence-corrected chi connectivity index (χ2v) is 4.22. The van der Waals surface area contributed by atoms with Crippen molar-refractivity contribution in [1.29, 1.82) is 0 Å². The van der Waals surface area contributed by atoms with Crippen LogP contribution in [-0.4, -0.2) is 23.4 Å². The summed E-state index contributed by atoms with van der Waals surface area (Å²) in [5.74, 6) is 0.852. The van der Waals surface area contributed by atoms with Crippen LogP contribution in [-0.2, 0) is 5.41 Å². The smallest absolute Gasteiger partial charge is 0.123 e. The number of aliphatic hydroxyl groups excluding tert-OH is 1. The first kappa shape index (κ1) is 10.3. The number of aromatic hydroxyl groups is 1. The molecule has 1 aliphatic carbocycles. The fourth-order valence-electron chi connectivity index (χ4n) is 2.11. The lowest BCUT2D eigenvalue weighted by Gasteiger charge is -2.20. The van der Waals surface area contributed by atoms with Crippen molar-refractivity contribution < 1.29 is 14.9 Å². The van der Waals surface area contributed by atoms with Crippen molar-refractivity contribution in [2.24, 2.45) is 0 Å². The summed E-state index contributed by atoms with van der Waals surface area (Å²) in [6, 6.07) is 5.25. The maximum absolute atomic E-state index is 9.86. The predicted octanol–water partition coefficient (Wildman–Crippen LogP) is 1.81. The summed E-state index contributed by atoms with van der Waals surface area (Å²) >= 11 is 0. The minimum absolute atomic E-state index is 0.216. The van der Waals surface area contributed by atoms with Crippen LogP contribution >= 0.6 is 0 Å². The van der Waals surface area contributed by atoms with Crippen molar-refractivity contribution in [3.8, 4) is 11.5 Å². The first-order valence-electron chi connectivity index (χ1n) is 5.16. The molecule has 0 bridgehead atoms. The van der Waals surface area contributed by atoms with E-state index in [1.54, 1.807) is 20.1 Å². The molecule has 1 aliphatic rings. The molecular weight excluding hydrogens is 192 g/mol. The second kappa shape index (κ2) is 3.42. The Bertz CT molecular complexity index is 367. The van der Waals surface area contributed by atoms with Crippen molar-refractivity contribution in [2.45, 2.75) is 31.3 Å². The van der Waals surface area contributed by atoms with Gasteiger partial charge in [0.25, 0.3) is 0 Å². The molecule has 1 unspecified atom stereocenters. The van der Waals surface area contributed by atoms with Crippen LogP contribution in [0.4, 0.5) is 0 Å². The topological polar surface area (TPSA) is 49.7 Å². The van der Waals surface area contributed by atoms with Gasteiger partial charge in [0, 0.05) is 17.0 Å². The molecule has 1 saturated carbocycles. The number of aliphatic hydroxyl groups is 1. The van der Waals surface area contributed by atoms with E-state index >= 15 is 0 Å². The molecule has 1 fully saturated rings. The predicted molar refractivity (Wildman–Crippen MR) is 57.3 cm³/mol. The zero-order chi connectivity index (χ0) is 11.1. The highest BCUT2D eigenvalue weighted by atomic mass is 16.5. The highest BCUT2D eigenvalue weighted by molar-refractivity contribution is 5.47. The Labute approximate surface area is 89.3 Å². The summed E-state index contributed by atoms with van der Waals surface area (Å²) < 4.78 is 5.02. The molecule has 0 radical (unpaired) electrons. The van der Waals surface area contributed by atoms with E-state index in [-0.39, 0.29) is 11.2 Å². The highest BCUT2D eigenvalue weighted by Gasteiger charge is 2.49. The minimum atomic E-state index is -0.420. The van der Waals surface area contributed by atoms with E-state index in [4.69, 9.17) is 4.74 Å².